The van der Waals surface area contributed by atoms with Crippen LogP contribution >= 0.6 is 0 Å². The molecule has 0 aromatic heterocycles. The number of allylic oxidation sites excluding steroid dienone is 1. The van der Waals surface area contributed by atoms with E-state index < -0.39 is 0 Å². The molecule has 0 saturated carbocycles. The molecular weight excluding hydrogens is 348 g/mol. The number of carbonyl (C=O) groups excluding carboxylic acids is 3. The second-order valence-corrected chi connectivity index (χ2v) is 7.03. The average Bonchev–Trinajstić information content (AvgIpc) is 2.94. The van der Waals surface area contributed by atoms with Crippen LogP contribution in [0.25, 0.3) is 17.2 Å². The van der Waals surface area contributed by atoms with Gasteiger partial charge in [-0.1, -0.05) is 42.5 Å². The number of rotatable bonds is 3. The Balaban J connectivity index is 1.79. The molecule has 0 spiro atoms. The first-order chi connectivity index (χ1) is 13.5. The largest absolute Gasteiger partial charge is 0.298 e. The van der Waals surface area contributed by atoms with Crippen molar-refractivity contribution in [2.45, 2.75) is 13.8 Å². The Labute approximate surface area is 163 Å². The normalized spacial score (nSPS) is 14.4. The summed E-state index contributed by atoms with van der Waals surface area (Å²) in [6.07, 6.45) is 2.32. The third-order valence-corrected chi connectivity index (χ3v) is 5.17. The summed E-state index contributed by atoms with van der Waals surface area (Å²) in [6, 6.07) is 18.6. The van der Waals surface area contributed by atoms with Crippen LogP contribution in [0.3, 0.4) is 0 Å². The van der Waals surface area contributed by atoms with Crippen LogP contribution in [-0.2, 0) is 0 Å². The highest BCUT2D eigenvalue weighted by molar-refractivity contribution is 6.41. The summed E-state index contributed by atoms with van der Waals surface area (Å²) >= 11 is 0. The fourth-order valence-electron chi connectivity index (χ4n) is 3.61. The Kier molecular flexibility index (Phi) is 4.36. The van der Waals surface area contributed by atoms with E-state index in [4.69, 9.17) is 0 Å². The van der Waals surface area contributed by atoms with Crippen LogP contribution in [0.2, 0.25) is 0 Å². The molecule has 0 bridgehead atoms. The van der Waals surface area contributed by atoms with Crippen molar-refractivity contribution in [2.75, 3.05) is 0 Å². The molecule has 3 aromatic carbocycles. The molecule has 3 heteroatoms. The summed E-state index contributed by atoms with van der Waals surface area (Å²) in [6.45, 7) is 4.10. The van der Waals surface area contributed by atoms with Gasteiger partial charge in [0.05, 0.1) is 5.57 Å². The topological polar surface area (TPSA) is 51.2 Å². The minimum atomic E-state index is -0.332. The first kappa shape index (κ1) is 17.8. The van der Waals surface area contributed by atoms with Crippen molar-refractivity contribution < 1.29 is 14.4 Å². The summed E-state index contributed by atoms with van der Waals surface area (Å²) in [7, 11) is 0. The molecule has 0 N–H and O–H groups in total. The van der Waals surface area contributed by atoms with Gasteiger partial charge in [-0.2, -0.15) is 0 Å². The zero-order chi connectivity index (χ0) is 19.8. The fraction of sp³-hybridized carbons (Fsp3) is 0.0800. The van der Waals surface area contributed by atoms with Gasteiger partial charge >= 0.3 is 0 Å². The van der Waals surface area contributed by atoms with Crippen molar-refractivity contribution in [1.29, 1.82) is 0 Å². The first-order valence-corrected chi connectivity index (χ1v) is 9.06. The van der Waals surface area contributed by atoms with Crippen LogP contribution in [0.15, 0.2) is 66.2 Å². The predicted octanol–water partition coefficient (Wildman–Crippen LogP) is 5.25. The molecule has 0 fully saturated rings. The van der Waals surface area contributed by atoms with Crippen molar-refractivity contribution in [3.63, 3.8) is 0 Å². The van der Waals surface area contributed by atoms with E-state index in [1.54, 1.807) is 18.2 Å². The lowest BCUT2D eigenvalue weighted by molar-refractivity contribution is 0.0990. The third kappa shape index (κ3) is 2.91. The lowest BCUT2D eigenvalue weighted by atomic mass is 9.94. The van der Waals surface area contributed by atoms with Crippen LogP contribution in [0.4, 0.5) is 0 Å². The van der Waals surface area contributed by atoms with Crippen LogP contribution in [0, 0.1) is 13.8 Å². The van der Waals surface area contributed by atoms with Crippen molar-refractivity contribution >= 4 is 23.9 Å². The Bertz CT molecular complexity index is 1180. The van der Waals surface area contributed by atoms with Crippen molar-refractivity contribution in [2.24, 2.45) is 0 Å². The molecule has 3 aromatic rings. The van der Waals surface area contributed by atoms with E-state index in [0.717, 1.165) is 27.8 Å². The van der Waals surface area contributed by atoms with E-state index in [1.165, 1.54) is 6.07 Å². The van der Waals surface area contributed by atoms with Gasteiger partial charge in [0.15, 0.2) is 11.6 Å². The summed E-state index contributed by atoms with van der Waals surface area (Å²) in [5, 5.41) is 0. The Morgan fingerprint density at radius 3 is 2.04 bits per heavy atom. The summed E-state index contributed by atoms with van der Waals surface area (Å²) in [4.78, 5) is 36.4. The van der Waals surface area contributed by atoms with E-state index in [-0.39, 0.29) is 17.1 Å². The molecule has 28 heavy (non-hydrogen) atoms. The average molecular weight is 366 g/mol. The van der Waals surface area contributed by atoms with E-state index in [1.807, 2.05) is 37.3 Å². The van der Waals surface area contributed by atoms with E-state index >= 15 is 0 Å². The second-order valence-electron chi connectivity index (χ2n) is 7.03. The number of fused-ring (bicyclic) bond motifs is 1. The van der Waals surface area contributed by atoms with Gasteiger partial charge in [0.25, 0.3) is 0 Å². The maximum Gasteiger partial charge on any atom is 0.197 e. The highest BCUT2D eigenvalue weighted by Crippen LogP contribution is 2.31. The zero-order valence-electron chi connectivity index (χ0n) is 15.7. The van der Waals surface area contributed by atoms with Crippen LogP contribution in [0.1, 0.15) is 47.8 Å². The third-order valence-electron chi connectivity index (χ3n) is 5.17. The van der Waals surface area contributed by atoms with Crippen LogP contribution in [-0.4, -0.2) is 17.9 Å². The SMILES string of the molecule is Cc1ccccc1-c1cc(/C=C2/C(=O)c3ccc(C=O)cc3C2=O)ccc1C. The number of benzene rings is 3. The highest BCUT2D eigenvalue weighted by atomic mass is 16.2. The summed E-state index contributed by atoms with van der Waals surface area (Å²) in [5.74, 6) is -0.628. The molecule has 0 radical (unpaired) electrons. The molecule has 1 aliphatic rings. The molecule has 0 heterocycles. The Hall–Kier alpha value is -3.59. The fourth-order valence-corrected chi connectivity index (χ4v) is 3.61. The van der Waals surface area contributed by atoms with Gasteiger partial charge in [-0.25, -0.2) is 0 Å². The molecule has 136 valence electrons. The monoisotopic (exact) mass is 366 g/mol. The van der Waals surface area contributed by atoms with Crippen LogP contribution in [0.5, 0.6) is 0 Å². The minimum absolute atomic E-state index is 0.137. The molecule has 3 nitrogen and oxygen atoms in total. The number of hydrogen-bond acceptors (Lipinski definition) is 3. The van der Waals surface area contributed by atoms with Crippen molar-refractivity contribution in [3.05, 3.63) is 99.6 Å². The van der Waals surface area contributed by atoms with E-state index in [2.05, 4.69) is 19.1 Å². The standard InChI is InChI=1S/C25H18O3/c1-15-5-3-4-6-19(15)21-11-17(8-7-16(21)2)12-23-24(27)20-10-9-18(14-26)13-22(20)25(23)28/h3-14H,1-2H3/b23-12-. The predicted molar refractivity (Wildman–Crippen MR) is 110 cm³/mol. The Morgan fingerprint density at radius 1 is 0.643 bits per heavy atom. The van der Waals surface area contributed by atoms with Gasteiger partial charge in [-0.15, -0.1) is 0 Å². The van der Waals surface area contributed by atoms with E-state index in [9.17, 15) is 14.4 Å². The number of hydrogen-bond donors (Lipinski definition) is 0. The number of aryl methyl sites for hydroxylation is 2. The molecule has 0 aliphatic heterocycles. The Morgan fingerprint density at radius 2 is 1.29 bits per heavy atom. The molecule has 1 aliphatic carbocycles. The van der Waals surface area contributed by atoms with Gasteiger partial charge in [0.2, 0.25) is 0 Å². The number of aldehydes is 1. The van der Waals surface area contributed by atoms with Crippen molar-refractivity contribution in [1.82, 2.24) is 0 Å². The van der Waals surface area contributed by atoms with E-state index in [0.29, 0.717) is 23.0 Å². The highest BCUT2D eigenvalue weighted by Gasteiger charge is 2.33. The number of carbonyl (C=O) groups is 3. The van der Waals surface area contributed by atoms with Gasteiger partial charge < -0.3 is 0 Å². The molecule has 0 amide bonds. The lowest BCUT2D eigenvalue weighted by Crippen LogP contribution is -2.00. The van der Waals surface area contributed by atoms with Crippen molar-refractivity contribution in [3.8, 4) is 11.1 Å². The number of Topliss-reactive ketones (excluding diaryl/α,β-unsaturated/α-hetero) is 2. The molecule has 4 rings (SSSR count). The molecule has 0 saturated heterocycles. The lowest BCUT2D eigenvalue weighted by Gasteiger charge is -2.10. The minimum Gasteiger partial charge on any atom is -0.298 e. The number of ketones is 2. The quantitative estimate of drug-likeness (QED) is 0.362. The second kappa shape index (κ2) is 6.86. The maximum atomic E-state index is 12.8. The smallest absolute Gasteiger partial charge is 0.197 e. The first-order valence-electron chi connectivity index (χ1n) is 9.06. The van der Waals surface area contributed by atoms with Gasteiger partial charge in [-0.3, -0.25) is 14.4 Å². The zero-order valence-corrected chi connectivity index (χ0v) is 15.7. The van der Waals surface area contributed by atoms with Crippen LogP contribution < -0.4 is 0 Å². The molecule has 0 atom stereocenters. The van der Waals surface area contributed by atoms with Gasteiger partial charge in [0.1, 0.15) is 6.29 Å². The summed E-state index contributed by atoms with van der Waals surface area (Å²) in [5.41, 5.74) is 6.46. The van der Waals surface area contributed by atoms with Gasteiger partial charge in [-0.05, 0) is 65.9 Å². The summed E-state index contributed by atoms with van der Waals surface area (Å²) < 4.78 is 0. The maximum absolute atomic E-state index is 12.8. The van der Waals surface area contributed by atoms with Gasteiger partial charge in [0, 0.05) is 16.7 Å². The molecular formula is C25H18O3. The molecule has 0 unspecified atom stereocenters.